The first-order valence-corrected chi connectivity index (χ1v) is 8.52. The maximum absolute atomic E-state index is 4.58. The van der Waals surface area contributed by atoms with Crippen molar-refractivity contribution in [2.75, 3.05) is 36.0 Å². The van der Waals surface area contributed by atoms with Gasteiger partial charge in [0, 0.05) is 43.1 Å². The number of hydrogen-bond acceptors (Lipinski definition) is 5. The van der Waals surface area contributed by atoms with E-state index in [0.717, 1.165) is 44.1 Å². The maximum Gasteiger partial charge on any atom is 0.254 e. The maximum atomic E-state index is 4.58. The highest BCUT2D eigenvalue weighted by molar-refractivity contribution is 5.56. The molecule has 4 rings (SSSR count). The average Bonchev–Trinajstić information content (AvgIpc) is 3.09. The normalized spacial score (nSPS) is 15.2. The first-order valence-electron chi connectivity index (χ1n) is 8.52. The van der Waals surface area contributed by atoms with Crippen molar-refractivity contribution >= 4 is 17.3 Å². The second-order valence-electron chi connectivity index (χ2n) is 6.13. The van der Waals surface area contributed by atoms with Gasteiger partial charge in [-0.25, -0.2) is 4.98 Å². The summed E-state index contributed by atoms with van der Waals surface area (Å²) in [7, 11) is 0. The van der Waals surface area contributed by atoms with Crippen LogP contribution in [0.2, 0.25) is 0 Å². The number of hydrogen-bond donors (Lipinski definition) is 0. The van der Waals surface area contributed by atoms with Crippen LogP contribution in [0.4, 0.5) is 11.5 Å². The molecule has 124 valence electrons. The van der Waals surface area contributed by atoms with Gasteiger partial charge in [0.2, 0.25) is 0 Å². The molecule has 0 saturated carbocycles. The van der Waals surface area contributed by atoms with Gasteiger partial charge in [0.25, 0.3) is 5.78 Å². The molecule has 0 atom stereocenters. The van der Waals surface area contributed by atoms with Gasteiger partial charge >= 0.3 is 0 Å². The van der Waals surface area contributed by atoms with Crippen LogP contribution in [0, 0.1) is 6.92 Å². The van der Waals surface area contributed by atoms with Crippen LogP contribution in [0.15, 0.2) is 36.7 Å². The van der Waals surface area contributed by atoms with Crippen LogP contribution in [-0.2, 0) is 6.42 Å². The molecule has 0 unspecified atom stereocenters. The van der Waals surface area contributed by atoms with Gasteiger partial charge < -0.3 is 9.80 Å². The number of benzene rings is 1. The van der Waals surface area contributed by atoms with Crippen LogP contribution in [0.1, 0.15) is 18.2 Å². The zero-order valence-corrected chi connectivity index (χ0v) is 14.2. The molecule has 24 heavy (non-hydrogen) atoms. The minimum atomic E-state index is 0.685. The molecular formula is C18H22N6. The highest BCUT2D eigenvalue weighted by Crippen LogP contribution is 2.26. The Morgan fingerprint density at radius 3 is 2.42 bits per heavy atom. The predicted molar refractivity (Wildman–Crippen MR) is 95.8 cm³/mol. The third kappa shape index (κ3) is 2.48. The summed E-state index contributed by atoms with van der Waals surface area (Å²) in [6.07, 6.45) is 2.54. The van der Waals surface area contributed by atoms with Crippen LogP contribution in [0.5, 0.6) is 0 Å². The van der Waals surface area contributed by atoms with Gasteiger partial charge in [-0.2, -0.15) is 14.6 Å². The summed E-state index contributed by atoms with van der Waals surface area (Å²) in [6.45, 7) is 8.20. The van der Waals surface area contributed by atoms with Gasteiger partial charge in [-0.1, -0.05) is 25.1 Å². The molecule has 6 nitrogen and oxygen atoms in total. The molecule has 3 heterocycles. The highest BCUT2D eigenvalue weighted by Gasteiger charge is 2.23. The molecule has 2 aromatic heterocycles. The Kier molecular flexibility index (Phi) is 3.80. The summed E-state index contributed by atoms with van der Waals surface area (Å²) in [5.41, 5.74) is 3.62. The first-order chi connectivity index (χ1) is 11.8. The summed E-state index contributed by atoms with van der Waals surface area (Å²) >= 11 is 0. The van der Waals surface area contributed by atoms with E-state index in [2.05, 4.69) is 69.0 Å². The second-order valence-corrected chi connectivity index (χ2v) is 6.13. The van der Waals surface area contributed by atoms with Crippen molar-refractivity contribution in [3.8, 4) is 0 Å². The fourth-order valence-corrected chi connectivity index (χ4v) is 3.52. The minimum absolute atomic E-state index is 0.685. The van der Waals surface area contributed by atoms with Gasteiger partial charge in [-0.15, -0.1) is 0 Å². The van der Waals surface area contributed by atoms with Crippen molar-refractivity contribution in [2.45, 2.75) is 20.3 Å². The molecule has 1 aliphatic rings. The quantitative estimate of drug-likeness (QED) is 0.741. The van der Waals surface area contributed by atoms with Crippen LogP contribution in [0.25, 0.3) is 5.78 Å². The SMILES string of the molecule is CCc1c(C)nc2ncnn2c1N1CCN(c2ccccc2)CC1. The number of rotatable bonds is 3. The number of aryl methyl sites for hydroxylation is 1. The van der Waals surface area contributed by atoms with Gasteiger partial charge in [0.15, 0.2) is 0 Å². The molecule has 0 bridgehead atoms. The lowest BCUT2D eigenvalue weighted by Crippen LogP contribution is -2.47. The Bertz CT molecular complexity index is 833. The topological polar surface area (TPSA) is 49.6 Å². The third-order valence-corrected chi connectivity index (χ3v) is 4.76. The fraction of sp³-hybridized carbons (Fsp3) is 0.389. The second kappa shape index (κ2) is 6.11. The van der Waals surface area contributed by atoms with Crippen molar-refractivity contribution in [3.05, 3.63) is 47.9 Å². The van der Waals surface area contributed by atoms with E-state index < -0.39 is 0 Å². The molecule has 0 spiro atoms. The van der Waals surface area contributed by atoms with Crippen LogP contribution >= 0.6 is 0 Å². The average molecular weight is 322 g/mol. The predicted octanol–water partition coefficient (Wildman–Crippen LogP) is 2.32. The summed E-state index contributed by atoms with van der Waals surface area (Å²) in [4.78, 5) is 13.7. The van der Waals surface area contributed by atoms with E-state index in [4.69, 9.17) is 0 Å². The molecule has 1 saturated heterocycles. The number of nitrogens with zero attached hydrogens (tertiary/aromatic N) is 6. The minimum Gasteiger partial charge on any atom is -0.368 e. The molecule has 0 radical (unpaired) electrons. The van der Waals surface area contributed by atoms with E-state index in [-0.39, 0.29) is 0 Å². The molecule has 0 amide bonds. The standard InChI is InChI=1S/C18H22N6/c1-3-16-14(2)21-18-19-13-20-24(18)17(16)23-11-9-22(10-12-23)15-7-5-4-6-8-15/h4-8,13H,3,9-12H2,1-2H3. The van der Waals surface area contributed by atoms with Crippen molar-refractivity contribution in [1.29, 1.82) is 0 Å². The lowest BCUT2D eigenvalue weighted by molar-refractivity contribution is 0.634. The van der Waals surface area contributed by atoms with E-state index in [9.17, 15) is 0 Å². The fourth-order valence-electron chi connectivity index (χ4n) is 3.52. The lowest BCUT2D eigenvalue weighted by Gasteiger charge is -2.38. The van der Waals surface area contributed by atoms with E-state index in [1.54, 1.807) is 6.33 Å². The summed E-state index contributed by atoms with van der Waals surface area (Å²) in [5, 5.41) is 4.41. The Morgan fingerprint density at radius 2 is 1.71 bits per heavy atom. The summed E-state index contributed by atoms with van der Waals surface area (Å²) < 4.78 is 1.89. The number of fused-ring (bicyclic) bond motifs is 1. The van der Waals surface area contributed by atoms with E-state index in [0.29, 0.717) is 5.78 Å². The summed E-state index contributed by atoms with van der Waals surface area (Å²) in [5.74, 6) is 1.84. The molecule has 0 aliphatic carbocycles. The first kappa shape index (κ1) is 14.9. The molecule has 6 heteroatoms. The van der Waals surface area contributed by atoms with E-state index in [1.165, 1.54) is 11.3 Å². The van der Waals surface area contributed by atoms with E-state index >= 15 is 0 Å². The Labute approximate surface area is 141 Å². The van der Waals surface area contributed by atoms with Crippen LogP contribution in [0.3, 0.4) is 0 Å². The molecule has 1 aliphatic heterocycles. The van der Waals surface area contributed by atoms with Crippen molar-refractivity contribution in [1.82, 2.24) is 19.6 Å². The molecule has 1 aromatic carbocycles. The van der Waals surface area contributed by atoms with Gasteiger partial charge in [-0.05, 0) is 25.5 Å². The van der Waals surface area contributed by atoms with Crippen LogP contribution in [-0.4, -0.2) is 45.8 Å². The zero-order chi connectivity index (χ0) is 16.5. The Balaban J connectivity index is 1.64. The Hall–Kier alpha value is -2.63. The molecule has 0 N–H and O–H groups in total. The number of para-hydroxylation sites is 1. The van der Waals surface area contributed by atoms with Gasteiger partial charge in [-0.3, -0.25) is 0 Å². The number of piperazine rings is 1. The smallest absolute Gasteiger partial charge is 0.254 e. The van der Waals surface area contributed by atoms with Crippen LogP contribution < -0.4 is 9.80 Å². The lowest BCUT2D eigenvalue weighted by atomic mass is 10.1. The van der Waals surface area contributed by atoms with Crippen molar-refractivity contribution in [2.24, 2.45) is 0 Å². The number of aromatic nitrogens is 4. The van der Waals surface area contributed by atoms with Crippen molar-refractivity contribution < 1.29 is 0 Å². The molecule has 3 aromatic rings. The molecule has 1 fully saturated rings. The molecular weight excluding hydrogens is 300 g/mol. The summed E-state index contributed by atoms with van der Waals surface area (Å²) in [6, 6.07) is 10.6. The zero-order valence-electron chi connectivity index (χ0n) is 14.2. The van der Waals surface area contributed by atoms with Crippen molar-refractivity contribution in [3.63, 3.8) is 0 Å². The van der Waals surface area contributed by atoms with Gasteiger partial charge in [0.05, 0.1) is 0 Å². The third-order valence-electron chi connectivity index (χ3n) is 4.76. The number of anilines is 2. The Morgan fingerprint density at radius 1 is 1.00 bits per heavy atom. The highest BCUT2D eigenvalue weighted by atomic mass is 15.4. The monoisotopic (exact) mass is 322 g/mol. The van der Waals surface area contributed by atoms with Gasteiger partial charge in [0.1, 0.15) is 12.1 Å². The largest absolute Gasteiger partial charge is 0.368 e. The van der Waals surface area contributed by atoms with E-state index in [1.807, 2.05) is 4.52 Å².